The van der Waals surface area contributed by atoms with Crippen molar-refractivity contribution in [3.8, 4) is 0 Å². The largest absolute Gasteiger partial charge is 0.387 e. The average molecular weight is 616 g/mol. The Morgan fingerprint density at radius 3 is 2.60 bits per heavy atom. The van der Waals surface area contributed by atoms with Crippen molar-refractivity contribution in [2.75, 3.05) is 56.5 Å². The standard InChI is InChI=1S/C28H39BrN8O3/c1-27(2,3)20-5-7-21(8-6-20)34-26(39)32-12-11-30-23(38)9-14-35(4)18-28(40)10-15-36(19-28)24-25-33-17-22(29)37(25)16-13-31-24/h5-8,13,16-17,40H,9-12,14-15,18-19H2,1-4H3,(H,30,38)(H2,32,34,39). The minimum atomic E-state index is -0.909. The number of nitrogens with one attached hydrogen (secondary N) is 3. The molecular weight excluding hydrogens is 576 g/mol. The molecule has 216 valence electrons. The number of carbonyl (C=O) groups is 2. The number of rotatable bonds is 10. The molecule has 11 nitrogen and oxygen atoms in total. The van der Waals surface area contributed by atoms with Crippen LogP contribution in [0.25, 0.3) is 5.65 Å². The smallest absolute Gasteiger partial charge is 0.319 e. The van der Waals surface area contributed by atoms with Crippen LogP contribution in [0.1, 0.15) is 39.2 Å². The molecular formula is C28H39BrN8O3. The molecule has 3 heterocycles. The SMILES string of the molecule is CN(CCC(=O)NCCNC(=O)Nc1ccc(C(C)(C)C)cc1)CC1(O)CCN(c2nccn3c(Br)cnc23)C1. The van der Waals surface area contributed by atoms with E-state index in [-0.39, 0.29) is 17.4 Å². The van der Waals surface area contributed by atoms with E-state index in [4.69, 9.17) is 0 Å². The van der Waals surface area contributed by atoms with E-state index in [1.54, 1.807) is 12.4 Å². The van der Waals surface area contributed by atoms with Crippen LogP contribution >= 0.6 is 15.9 Å². The first kappa shape index (κ1) is 29.8. The third-order valence-corrected chi connectivity index (χ3v) is 7.61. The molecule has 0 aliphatic carbocycles. The van der Waals surface area contributed by atoms with Crippen molar-refractivity contribution in [1.29, 1.82) is 0 Å². The number of likely N-dealkylation sites (N-methyl/N-ethyl adjacent to an activating group) is 1. The molecule has 3 aromatic rings. The van der Waals surface area contributed by atoms with Crippen LogP contribution in [-0.2, 0) is 10.2 Å². The summed E-state index contributed by atoms with van der Waals surface area (Å²) in [7, 11) is 1.90. The minimum absolute atomic E-state index is 0.0530. The van der Waals surface area contributed by atoms with E-state index in [0.717, 1.165) is 16.1 Å². The molecule has 2 aromatic heterocycles. The number of aliphatic hydroxyl groups is 1. The van der Waals surface area contributed by atoms with E-state index in [1.165, 1.54) is 5.56 Å². The number of β-amino-alcohol motifs (C(OH)–C–C–N with tert-alkyl or cyclic N) is 1. The molecule has 1 unspecified atom stereocenters. The van der Waals surface area contributed by atoms with Crippen LogP contribution in [0.2, 0.25) is 0 Å². The zero-order valence-corrected chi connectivity index (χ0v) is 25.2. The Labute approximate surface area is 243 Å². The van der Waals surface area contributed by atoms with Gasteiger partial charge in [-0.1, -0.05) is 32.9 Å². The quantitative estimate of drug-likeness (QED) is 0.259. The average Bonchev–Trinajstić information content (AvgIpc) is 3.47. The highest BCUT2D eigenvalue weighted by atomic mass is 79.9. The highest BCUT2D eigenvalue weighted by Crippen LogP contribution is 2.29. The second-order valence-corrected chi connectivity index (χ2v) is 12.3. The molecule has 1 aliphatic heterocycles. The van der Waals surface area contributed by atoms with Gasteiger partial charge in [0.15, 0.2) is 11.5 Å². The van der Waals surface area contributed by atoms with Crippen LogP contribution < -0.4 is 20.9 Å². The van der Waals surface area contributed by atoms with Crippen LogP contribution in [0.3, 0.4) is 0 Å². The highest BCUT2D eigenvalue weighted by Gasteiger charge is 2.38. The van der Waals surface area contributed by atoms with Gasteiger partial charge in [-0.2, -0.15) is 0 Å². The molecule has 0 spiro atoms. The lowest BCUT2D eigenvalue weighted by Gasteiger charge is -2.29. The Kier molecular flexibility index (Phi) is 9.32. The van der Waals surface area contributed by atoms with Crippen LogP contribution in [0.4, 0.5) is 16.3 Å². The summed E-state index contributed by atoms with van der Waals surface area (Å²) in [6.07, 6.45) is 6.20. The highest BCUT2D eigenvalue weighted by molar-refractivity contribution is 9.10. The van der Waals surface area contributed by atoms with Crippen molar-refractivity contribution in [2.24, 2.45) is 0 Å². The number of carbonyl (C=O) groups excluding carboxylic acids is 2. The lowest BCUT2D eigenvalue weighted by Crippen LogP contribution is -2.45. The first-order valence-electron chi connectivity index (χ1n) is 13.5. The molecule has 1 aromatic carbocycles. The van der Waals surface area contributed by atoms with Gasteiger partial charge in [-0.3, -0.25) is 9.20 Å². The summed E-state index contributed by atoms with van der Waals surface area (Å²) in [6, 6.07) is 7.46. The molecule has 0 radical (unpaired) electrons. The van der Waals surface area contributed by atoms with Gasteiger partial charge in [0.2, 0.25) is 5.91 Å². The predicted molar refractivity (Wildman–Crippen MR) is 160 cm³/mol. The maximum atomic E-state index is 12.3. The Bertz CT molecular complexity index is 1320. The van der Waals surface area contributed by atoms with E-state index in [1.807, 2.05) is 46.8 Å². The van der Waals surface area contributed by atoms with Crippen LogP contribution in [0, 0.1) is 0 Å². The molecule has 3 amide bonds. The summed E-state index contributed by atoms with van der Waals surface area (Å²) >= 11 is 3.48. The fourth-order valence-corrected chi connectivity index (χ4v) is 5.22. The summed E-state index contributed by atoms with van der Waals surface area (Å²) in [6.45, 7) is 9.13. The number of aromatic nitrogens is 3. The van der Waals surface area contributed by atoms with Gasteiger partial charge >= 0.3 is 6.03 Å². The maximum Gasteiger partial charge on any atom is 0.319 e. The summed E-state index contributed by atoms with van der Waals surface area (Å²) < 4.78 is 2.76. The summed E-state index contributed by atoms with van der Waals surface area (Å²) in [5, 5.41) is 19.6. The number of urea groups is 1. The number of fused-ring (bicyclic) bond motifs is 1. The molecule has 0 saturated carbocycles. The van der Waals surface area contributed by atoms with Gasteiger partial charge in [0.1, 0.15) is 4.60 Å². The third-order valence-electron chi connectivity index (χ3n) is 7.02. The zero-order valence-electron chi connectivity index (χ0n) is 23.6. The molecule has 0 bridgehead atoms. The summed E-state index contributed by atoms with van der Waals surface area (Å²) in [4.78, 5) is 37.4. The lowest BCUT2D eigenvalue weighted by molar-refractivity contribution is -0.121. The van der Waals surface area contributed by atoms with Crippen molar-refractivity contribution in [3.63, 3.8) is 0 Å². The van der Waals surface area contributed by atoms with Crippen molar-refractivity contribution in [1.82, 2.24) is 29.9 Å². The number of nitrogens with zero attached hydrogens (tertiary/aromatic N) is 5. The predicted octanol–water partition coefficient (Wildman–Crippen LogP) is 2.99. The third kappa shape index (κ3) is 7.70. The van der Waals surface area contributed by atoms with Crippen molar-refractivity contribution < 1.29 is 14.7 Å². The maximum absolute atomic E-state index is 12.3. The van der Waals surface area contributed by atoms with Crippen LogP contribution in [0.5, 0.6) is 0 Å². The van der Waals surface area contributed by atoms with E-state index in [9.17, 15) is 14.7 Å². The lowest BCUT2D eigenvalue weighted by atomic mass is 9.87. The number of anilines is 2. The second kappa shape index (κ2) is 12.5. The molecule has 40 heavy (non-hydrogen) atoms. The minimum Gasteiger partial charge on any atom is -0.387 e. The van der Waals surface area contributed by atoms with E-state index >= 15 is 0 Å². The number of amides is 3. The van der Waals surface area contributed by atoms with Gasteiger partial charge in [0, 0.05) is 63.8 Å². The number of hydrogen-bond acceptors (Lipinski definition) is 7. The Morgan fingerprint density at radius 1 is 1.15 bits per heavy atom. The molecule has 1 aliphatic rings. The molecule has 12 heteroatoms. The summed E-state index contributed by atoms with van der Waals surface area (Å²) in [5.41, 5.74) is 1.80. The topological polar surface area (TPSA) is 127 Å². The molecule has 1 saturated heterocycles. The normalized spacial score (nSPS) is 17.4. The van der Waals surface area contributed by atoms with Gasteiger partial charge in [-0.15, -0.1) is 0 Å². The Balaban J connectivity index is 1.13. The first-order chi connectivity index (χ1) is 18.9. The van der Waals surface area contributed by atoms with Gasteiger partial charge in [-0.05, 0) is 52.5 Å². The van der Waals surface area contributed by atoms with Gasteiger partial charge < -0.3 is 30.9 Å². The molecule has 4 N–H and O–H groups in total. The van der Waals surface area contributed by atoms with Crippen molar-refractivity contribution in [2.45, 2.75) is 44.6 Å². The fraction of sp³-hybridized carbons (Fsp3) is 0.500. The fourth-order valence-electron chi connectivity index (χ4n) is 4.83. The van der Waals surface area contributed by atoms with Gasteiger partial charge in [0.25, 0.3) is 0 Å². The van der Waals surface area contributed by atoms with Crippen LogP contribution in [0.15, 0.2) is 47.5 Å². The van der Waals surface area contributed by atoms with E-state index in [2.05, 4.69) is 67.5 Å². The van der Waals surface area contributed by atoms with Gasteiger partial charge in [0.05, 0.1) is 11.8 Å². The number of halogens is 1. The van der Waals surface area contributed by atoms with Crippen LogP contribution in [-0.4, -0.2) is 88.2 Å². The monoisotopic (exact) mass is 614 g/mol. The Morgan fingerprint density at radius 2 is 1.88 bits per heavy atom. The summed E-state index contributed by atoms with van der Waals surface area (Å²) in [5.74, 6) is 0.638. The second-order valence-electron chi connectivity index (χ2n) is 11.5. The van der Waals surface area contributed by atoms with Gasteiger partial charge in [-0.25, -0.2) is 14.8 Å². The number of benzene rings is 1. The number of hydrogen-bond donors (Lipinski definition) is 4. The van der Waals surface area contributed by atoms with E-state index in [0.29, 0.717) is 57.8 Å². The zero-order chi connectivity index (χ0) is 28.9. The molecule has 1 fully saturated rings. The van der Waals surface area contributed by atoms with E-state index < -0.39 is 5.60 Å². The van der Waals surface area contributed by atoms with Crippen molar-refractivity contribution >= 4 is 45.0 Å². The molecule has 4 rings (SSSR count). The number of imidazole rings is 1. The molecule has 1 atom stereocenters. The first-order valence-corrected chi connectivity index (χ1v) is 14.3. The van der Waals surface area contributed by atoms with Crippen molar-refractivity contribution in [3.05, 3.63) is 53.0 Å². The Hall–Kier alpha value is -3.22.